The first-order valence-corrected chi connectivity index (χ1v) is 9.19. The number of carbonyl (C=O) groups excluding carboxylic acids is 1. The van der Waals surface area contributed by atoms with E-state index in [0.29, 0.717) is 11.6 Å². The van der Waals surface area contributed by atoms with Crippen LogP contribution in [0.15, 0.2) is 41.4 Å². The molecule has 7 nitrogen and oxygen atoms in total. The minimum Gasteiger partial charge on any atom is -0.543 e. The van der Waals surface area contributed by atoms with E-state index in [1.807, 2.05) is 12.1 Å². The zero-order valence-corrected chi connectivity index (χ0v) is 16.8. The summed E-state index contributed by atoms with van der Waals surface area (Å²) in [6, 6.07) is 8.61. The first-order chi connectivity index (χ1) is 11.4. The van der Waals surface area contributed by atoms with Crippen molar-refractivity contribution >= 4 is 16.0 Å². The van der Waals surface area contributed by atoms with Crippen LogP contribution in [0.1, 0.15) is 34.8 Å². The van der Waals surface area contributed by atoms with Crippen LogP contribution >= 0.6 is 0 Å². The molecule has 0 radical (unpaired) electrons. The Morgan fingerprint density at radius 2 is 1.76 bits per heavy atom. The Morgan fingerprint density at radius 1 is 1.16 bits per heavy atom. The predicted octanol–water partition coefficient (Wildman–Crippen LogP) is -3.04. The quantitative estimate of drug-likeness (QED) is 0.554. The summed E-state index contributed by atoms with van der Waals surface area (Å²) in [6.07, 6.45) is 3.48. The van der Waals surface area contributed by atoms with Gasteiger partial charge in [-0.25, -0.2) is 13.6 Å². The predicted molar refractivity (Wildman–Crippen MR) is 86.3 cm³/mol. The zero-order chi connectivity index (χ0) is 17.3. The Kier molecular flexibility index (Phi) is 6.47. The number of carbonyl (C=O) groups is 1. The minimum absolute atomic E-state index is 0. The molecule has 0 amide bonds. The first kappa shape index (κ1) is 20.2. The summed E-state index contributed by atoms with van der Waals surface area (Å²) >= 11 is 0. The van der Waals surface area contributed by atoms with Crippen LogP contribution < -0.4 is 45.1 Å². The van der Waals surface area contributed by atoms with E-state index in [4.69, 9.17) is 5.14 Å². The summed E-state index contributed by atoms with van der Waals surface area (Å²) in [7, 11) is -4.14. The van der Waals surface area contributed by atoms with Gasteiger partial charge in [-0.2, -0.15) is 0 Å². The molecule has 0 atom stereocenters. The molecule has 3 rings (SSSR count). The van der Waals surface area contributed by atoms with Gasteiger partial charge in [-0.1, -0.05) is 12.1 Å². The van der Waals surface area contributed by atoms with Crippen LogP contribution in [0.2, 0.25) is 0 Å². The van der Waals surface area contributed by atoms with Crippen LogP contribution in [0.3, 0.4) is 0 Å². The smallest absolute Gasteiger partial charge is 0.543 e. The molecule has 0 unspecified atom stereocenters. The van der Waals surface area contributed by atoms with E-state index in [-0.39, 0.29) is 29.6 Å². The Labute approximate surface area is 168 Å². The molecule has 1 aromatic carbocycles. The van der Waals surface area contributed by atoms with E-state index in [2.05, 4.69) is 5.32 Å². The van der Waals surface area contributed by atoms with Gasteiger partial charge < -0.3 is 19.8 Å². The van der Waals surface area contributed by atoms with Crippen molar-refractivity contribution in [2.45, 2.75) is 23.7 Å². The molecule has 1 aliphatic heterocycles. The fourth-order valence-electron chi connectivity index (χ4n) is 3.12. The Hall–Kier alpha value is -1.16. The molecule has 1 aromatic heterocycles. The molecule has 0 aliphatic carbocycles. The van der Waals surface area contributed by atoms with E-state index in [1.165, 1.54) is 22.4 Å². The van der Waals surface area contributed by atoms with Gasteiger partial charge in [-0.3, -0.25) is 0 Å². The van der Waals surface area contributed by atoms with Crippen LogP contribution in [-0.2, 0) is 10.0 Å². The average molecular weight is 371 g/mol. The number of hydrogen-bond donors (Lipinski definition) is 2. The van der Waals surface area contributed by atoms with E-state index in [0.717, 1.165) is 25.9 Å². The second kappa shape index (κ2) is 8.03. The molecule has 2 aromatic rings. The van der Waals surface area contributed by atoms with Crippen molar-refractivity contribution in [3.05, 3.63) is 47.8 Å². The second-order valence-electron chi connectivity index (χ2n) is 5.85. The van der Waals surface area contributed by atoms with E-state index >= 15 is 0 Å². The van der Waals surface area contributed by atoms with Crippen LogP contribution in [0, 0.1) is 0 Å². The van der Waals surface area contributed by atoms with E-state index in [1.54, 1.807) is 12.1 Å². The summed E-state index contributed by atoms with van der Waals surface area (Å²) < 4.78 is 24.3. The number of carboxylic acid groups (broad SMARTS) is 1. The summed E-state index contributed by atoms with van der Waals surface area (Å²) in [5.41, 5.74) is 1.27. The van der Waals surface area contributed by atoms with Crippen LogP contribution in [0.25, 0.3) is 5.69 Å². The molecule has 1 saturated heterocycles. The number of aromatic carboxylic acids is 1. The van der Waals surface area contributed by atoms with Crippen molar-refractivity contribution in [1.29, 1.82) is 0 Å². The number of nitrogens with zero attached hydrogens (tertiary/aromatic N) is 1. The third-order valence-electron chi connectivity index (χ3n) is 4.33. The third-order valence-corrected chi connectivity index (χ3v) is 5.27. The van der Waals surface area contributed by atoms with Crippen molar-refractivity contribution in [3.8, 4) is 5.69 Å². The normalized spacial score (nSPS) is 15.6. The van der Waals surface area contributed by atoms with Crippen molar-refractivity contribution in [3.63, 3.8) is 0 Å². The van der Waals surface area contributed by atoms with Gasteiger partial charge in [0.2, 0.25) is 10.0 Å². The van der Waals surface area contributed by atoms with Crippen LogP contribution in [0.4, 0.5) is 0 Å². The molecule has 9 heteroatoms. The van der Waals surface area contributed by atoms with Crippen molar-refractivity contribution < 1.29 is 47.9 Å². The van der Waals surface area contributed by atoms with Gasteiger partial charge in [0.05, 0.1) is 11.7 Å². The molecule has 25 heavy (non-hydrogen) atoms. The molecule has 0 saturated carbocycles. The number of rotatable bonds is 4. The molecule has 1 aliphatic rings. The van der Waals surface area contributed by atoms with Crippen molar-refractivity contribution in [1.82, 2.24) is 9.88 Å². The topological polar surface area (TPSA) is 117 Å². The molecular formula is C16H18N3NaO4S. The van der Waals surface area contributed by atoms with E-state index in [9.17, 15) is 18.3 Å². The monoisotopic (exact) mass is 371 g/mol. The Bertz CT molecular complexity index is 856. The maximum Gasteiger partial charge on any atom is 1.00 e. The third kappa shape index (κ3) is 4.33. The summed E-state index contributed by atoms with van der Waals surface area (Å²) in [4.78, 5) is 10.9. The van der Waals surface area contributed by atoms with Gasteiger partial charge in [-0.15, -0.1) is 0 Å². The number of carboxylic acids is 1. The first-order valence-electron chi connectivity index (χ1n) is 7.64. The van der Waals surface area contributed by atoms with Gasteiger partial charge in [0.25, 0.3) is 0 Å². The number of benzene rings is 1. The van der Waals surface area contributed by atoms with Crippen molar-refractivity contribution in [2.24, 2.45) is 5.14 Å². The fourth-order valence-corrected chi connectivity index (χ4v) is 3.82. The zero-order valence-electron chi connectivity index (χ0n) is 13.9. The van der Waals surface area contributed by atoms with Gasteiger partial charge in [0, 0.05) is 11.9 Å². The maximum atomic E-state index is 11.5. The fraction of sp³-hybridized carbons (Fsp3) is 0.312. The number of primary sulfonamides is 1. The number of hydrogen-bond acceptors (Lipinski definition) is 5. The van der Waals surface area contributed by atoms with Crippen molar-refractivity contribution in [2.75, 3.05) is 13.1 Å². The molecular weight excluding hydrogens is 353 g/mol. The number of sulfonamides is 1. The molecule has 2 heterocycles. The van der Waals surface area contributed by atoms with Gasteiger partial charge in [0.1, 0.15) is 4.90 Å². The van der Waals surface area contributed by atoms with E-state index < -0.39 is 26.6 Å². The summed E-state index contributed by atoms with van der Waals surface area (Å²) in [5, 5.41) is 19.8. The molecule has 1 fully saturated rings. The van der Waals surface area contributed by atoms with Gasteiger partial charge in [0.15, 0.2) is 0 Å². The molecule has 128 valence electrons. The number of aromatic nitrogens is 1. The average Bonchev–Trinajstić information content (AvgIpc) is 3.01. The molecule has 3 N–H and O–H groups in total. The number of nitrogens with one attached hydrogen (secondary N) is 1. The Morgan fingerprint density at radius 3 is 2.28 bits per heavy atom. The molecule has 0 spiro atoms. The maximum absolute atomic E-state index is 11.5. The standard InChI is InChI=1S/C16H19N3O4S.Na/c17-24(22,23)14-7-10-19(15(14)16(20)21)13-3-1-11(2-4-13)12-5-8-18-9-6-12;/h1-4,7,10,12,18H,5-6,8-9H2,(H,20,21)(H2,17,22,23);/q;+1/p-1. The van der Waals surface area contributed by atoms with Gasteiger partial charge in [-0.05, 0) is 55.6 Å². The van der Waals surface area contributed by atoms with Gasteiger partial charge >= 0.3 is 29.6 Å². The number of nitrogens with two attached hydrogens (primary N) is 1. The summed E-state index contributed by atoms with van der Waals surface area (Å²) in [6.45, 7) is 1.97. The Balaban J connectivity index is 0.00000225. The number of piperidine rings is 1. The largest absolute Gasteiger partial charge is 1.00 e. The minimum atomic E-state index is -4.14. The van der Waals surface area contributed by atoms with Crippen LogP contribution in [0.5, 0.6) is 0 Å². The summed E-state index contributed by atoms with van der Waals surface area (Å²) in [5.74, 6) is -1.11. The SMILES string of the molecule is NS(=O)(=O)c1ccn(-c2ccc(C3CCNCC3)cc2)c1C(=O)[O-].[Na+]. The van der Waals surface area contributed by atoms with Crippen LogP contribution in [-0.4, -0.2) is 32.0 Å². The molecule has 0 bridgehead atoms. The second-order valence-corrected chi connectivity index (χ2v) is 7.38.